The maximum atomic E-state index is 12.4. The van der Waals surface area contributed by atoms with Gasteiger partial charge in [0.1, 0.15) is 11.8 Å². The van der Waals surface area contributed by atoms with Crippen molar-refractivity contribution < 1.29 is 14.3 Å². The molecule has 1 amide bonds. The quantitative estimate of drug-likeness (QED) is 0.855. The molecule has 0 radical (unpaired) electrons. The molecular weight excluding hydrogens is 326 g/mol. The first-order valence-corrected chi connectivity index (χ1v) is 9.08. The van der Waals surface area contributed by atoms with E-state index in [1.807, 2.05) is 23.1 Å². The number of piperidine rings is 1. The minimum atomic E-state index is -0.168. The number of pyridine rings is 1. The summed E-state index contributed by atoms with van der Waals surface area (Å²) >= 11 is 1.45. The predicted octanol–water partition coefficient (Wildman–Crippen LogP) is 2.38. The Kier molecular flexibility index (Phi) is 4.20. The number of carbonyl (C=O) groups excluding carboxylic acids is 1. The lowest BCUT2D eigenvalue weighted by molar-refractivity contribution is -0.0396. The van der Waals surface area contributed by atoms with Gasteiger partial charge in [-0.1, -0.05) is 6.07 Å². The van der Waals surface area contributed by atoms with Crippen LogP contribution in [0, 0.1) is 0 Å². The third kappa shape index (κ3) is 3.14. The molecule has 2 aromatic heterocycles. The first kappa shape index (κ1) is 15.5. The van der Waals surface area contributed by atoms with E-state index in [9.17, 15) is 4.79 Å². The van der Waals surface area contributed by atoms with E-state index >= 15 is 0 Å². The first-order chi connectivity index (χ1) is 11.7. The molecule has 2 fully saturated rings. The van der Waals surface area contributed by atoms with Crippen LogP contribution in [0.3, 0.4) is 0 Å². The highest BCUT2D eigenvalue weighted by Gasteiger charge is 2.44. The van der Waals surface area contributed by atoms with Gasteiger partial charge in [0.15, 0.2) is 0 Å². The van der Waals surface area contributed by atoms with Crippen LogP contribution >= 0.6 is 11.3 Å². The van der Waals surface area contributed by atoms with E-state index < -0.39 is 0 Å². The van der Waals surface area contributed by atoms with E-state index in [1.54, 1.807) is 17.1 Å². The highest BCUT2D eigenvalue weighted by molar-refractivity contribution is 7.07. The van der Waals surface area contributed by atoms with Gasteiger partial charge in [-0.25, -0.2) is 9.97 Å². The Balaban J connectivity index is 1.33. The van der Waals surface area contributed by atoms with Gasteiger partial charge in [-0.3, -0.25) is 4.79 Å². The number of ether oxygens (including phenoxy) is 2. The highest BCUT2D eigenvalue weighted by Crippen LogP contribution is 2.37. The van der Waals surface area contributed by atoms with Crippen molar-refractivity contribution in [2.75, 3.05) is 19.7 Å². The number of likely N-dealkylation sites (tertiary alicyclic amines) is 1. The minimum Gasteiger partial charge on any atom is -0.472 e. The van der Waals surface area contributed by atoms with Gasteiger partial charge in [-0.05, 0) is 18.9 Å². The molecule has 126 valence electrons. The summed E-state index contributed by atoms with van der Waals surface area (Å²) in [6, 6.07) is 5.64. The molecule has 6 nitrogen and oxygen atoms in total. The molecule has 0 aromatic carbocycles. The summed E-state index contributed by atoms with van der Waals surface area (Å²) in [5.41, 5.74) is 2.07. The van der Waals surface area contributed by atoms with Crippen molar-refractivity contribution in [2.24, 2.45) is 0 Å². The molecule has 2 aliphatic rings. The van der Waals surface area contributed by atoms with Gasteiger partial charge in [0, 0.05) is 37.2 Å². The Morgan fingerprint density at radius 3 is 2.92 bits per heavy atom. The molecule has 0 saturated carbocycles. The largest absolute Gasteiger partial charge is 0.472 e. The van der Waals surface area contributed by atoms with Crippen molar-refractivity contribution in [2.45, 2.75) is 31.0 Å². The molecule has 2 aliphatic heterocycles. The number of nitrogens with zero attached hydrogens (tertiary/aromatic N) is 3. The molecule has 0 unspecified atom stereocenters. The van der Waals surface area contributed by atoms with Crippen LogP contribution in [0.2, 0.25) is 0 Å². The fraction of sp³-hybridized carbons (Fsp3) is 0.471. The lowest BCUT2D eigenvalue weighted by Crippen LogP contribution is -2.46. The Labute approximate surface area is 144 Å². The van der Waals surface area contributed by atoms with Crippen LogP contribution in [0.25, 0.3) is 0 Å². The van der Waals surface area contributed by atoms with Gasteiger partial charge in [0.2, 0.25) is 5.88 Å². The average Bonchev–Trinajstić information content (AvgIpc) is 3.27. The Morgan fingerprint density at radius 1 is 1.33 bits per heavy atom. The molecule has 1 atom stereocenters. The van der Waals surface area contributed by atoms with Crippen LogP contribution in [0.5, 0.6) is 5.88 Å². The van der Waals surface area contributed by atoms with Crippen LogP contribution in [-0.4, -0.2) is 52.2 Å². The number of amides is 1. The molecule has 4 rings (SSSR count). The van der Waals surface area contributed by atoms with Gasteiger partial charge in [0.25, 0.3) is 5.91 Å². The van der Waals surface area contributed by atoms with Gasteiger partial charge in [-0.2, -0.15) is 0 Å². The second-order valence-corrected chi connectivity index (χ2v) is 6.99. The van der Waals surface area contributed by atoms with Crippen LogP contribution in [0.1, 0.15) is 29.8 Å². The number of rotatable bonds is 3. The van der Waals surface area contributed by atoms with Gasteiger partial charge < -0.3 is 14.4 Å². The van der Waals surface area contributed by atoms with E-state index in [0.717, 1.165) is 19.3 Å². The summed E-state index contributed by atoms with van der Waals surface area (Å²) in [7, 11) is 0. The number of hydrogen-bond acceptors (Lipinski definition) is 6. The molecule has 2 saturated heterocycles. The highest BCUT2D eigenvalue weighted by atomic mass is 32.1. The zero-order valence-corrected chi connectivity index (χ0v) is 14.1. The maximum absolute atomic E-state index is 12.4. The monoisotopic (exact) mass is 345 g/mol. The SMILES string of the molecule is O=C(c1cscn1)N1CCC2(CC1)C[C@@H](Oc1ccccn1)CO2. The van der Waals surface area contributed by atoms with E-state index in [4.69, 9.17) is 9.47 Å². The fourth-order valence-corrected chi connectivity index (χ4v) is 3.94. The normalized spacial score (nSPS) is 22.7. The Hall–Kier alpha value is -1.99. The molecule has 4 heterocycles. The standard InChI is InChI=1S/C17H19N3O3S/c21-16(14-11-24-12-19-14)20-7-4-17(5-8-20)9-13(10-22-17)23-15-3-1-2-6-18-15/h1-3,6,11-13H,4-5,7-10H2/t13-/m1/s1. The molecule has 2 aromatic rings. The third-order valence-electron chi connectivity index (χ3n) is 4.71. The maximum Gasteiger partial charge on any atom is 0.273 e. The third-order valence-corrected chi connectivity index (χ3v) is 5.30. The van der Waals surface area contributed by atoms with Gasteiger partial charge >= 0.3 is 0 Å². The minimum absolute atomic E-state index is 0.0189. The Bertz CT molecular complexity index is 684. The van der Waals surface area contributed by atoms with Gasteiger partial charge in [-0.15, -0.1) is 11.3 Å². The fourth-order valence-electron chi connectivity index (χ4n) is 3.41. The second-order valence-electron chi connectivity index (χ2n) is 6.27. The van der Waals surface area contributed by atoms with E-state index in [0.29, 0.717) is 31.3 Å². The van der Waals surface area contributed by atoms with Gasteiger partial charge in [0.05, 0.1) is 17.7 Å². The molecule has 24 heavy (non-hydrogen) atoms. The summed E-state index contributed by atoms with van der Waals surface area (Å²) in [6.45, 7) is 1.98. The Morgan fingerprint density at radius 2 is 2.21 bits per heavy atom. The smallest absolute Gasteiger partial charge is 0.273 e. The van der Waals surface area contributed by atoms with E-state index in [-0.39, 0.29) is 17.6 Å². The van der Waals surface area contributed by atoms with Crippen molar-refractivity contribution >= 4 is 17.2 Å². The van der Waals surface area contributed by atoms with Crippen molar-refractivity contribution in [3.05, 3.63) is 41.0 Å². The van der Waals surface area contributed by atoms with Crippen LogP contribution in [-0.2, 0) is 4.74 Å². The number of thiazole rings is 1. The van der Waals surface area contributed by atoms with Crippen LogP contribution < -0.4 is 4.74 Å². The molecule has 0 aliphatic carbocycles. The summed E-state index contributed by atoms with van der Waals surface area (Å²) in [4.78, 5) is 22.5. The number of hydrogen-bond donors (Lipinski definition) is 0. The lowest BCUT2D eigenvalue weighted by atomic mass is 9.88. The lowest BCUT2D eigenvalue weighted by Gasteiger charge is -2.38. The van der Waals surface area contributed by atoms with Crippen LogP contribution in [0.15, 0.2) is 35.3 Å². The summed E-state index contributed by atoms with van der Waals surface area (Å²) < 4.78 is 12.0. The van der Waals surface area contributed by atoms with E-state index in [1.165, 1.54) is 11.3 Å². The number of carbonyl (C=O) groups is 1. The zero-order chi connectivity index (χ0) is 16.4. The predicted molar refractivity (Wildman–Crippen MR) is 89.2 cm³/mol. The van der Waals surface area contributed by atoms with Crippen molar-refractivity contribution in [3.63, 3.8) is 0 Å². The molecule has 7 heteroatoms. The summed E-state index contributed by atoms with van der Waals surface area (Å²) in [6.07, 6.45) is 4.28. The molecule has 0 bridgehead atoms. The van der Waals surface area contributed by atoms with Crippen LogP contribution in [0.4, 0.5) is 0 Å². The molecule has 0 N–H and O–H groups in total. The number of aromatic nitrogens is 2. The van der Waals surface area contributed by atoms with Crippen molar-refractivity contribution in [1.82, 2.24) is 14.9 Å². The second kappa shape index (κ2) is 6.49. The van der Waals surface area contributed by atoms with E-state index in [2.05, 4.69) is 9.97 Å². The zero-order valence-electron chi connectivity index (χ0n) is 13.3. The first-order valence-electron chi connectivity index (χ1n) is 8.13. The summed E-state index contributed by atoms with van der Waals surface area (Å²) in [5, 5.41) is 1.80. The molecule has 1 spiro atoms. The topological polar surface area (TPSA) is 64.6 Å². The summed E-state index contributed by atoms with van der Waals surface area (Å²) in [5.74, 6) is 0.657. The average molecular weight is 345 g/mol. The van der Waals surface area contributed by atoms with Crippen molar-refractivity contribution in [3.8, 4) is 5.88 Å². The molecular formula is C17H19N3O3S. The van der Waals surface area contributed by atoms with Crippen molar-refractivity contribution in [1.29, 1.82) is 0 Å².